The van der Waals surface area contributed by atoms with Crippen molar-refractivity contribution in [1.82, 2.24) is 0 Å². The second kappa shape index (κ2) is 6.35. The van der Waals surface area contributed by atoms with Crippen LogP contribution in [0.15, 0.2) is 46.9 Å². The SMILES string of the molecule is Cc1cc(Br)ccc1-c1ccc(NC(=O)CBr)cc1. The number of anilines is 1. The third-order valence-electron chi connectivity index (χ3n) is 2.79. The topological polar surface area (TPSA) is 29.1 Å². The minimum Gasteiger partial charge on any atom is -0.325 e. The number of alkyl halides is 1. The van der Waals surface area contributed by atoms with Gasteiger partial charge in [-0.25, -0.2) is 0 Å². The van der Waals surface area contributed by atoms with Crippen LogP contribution in [0.4, 0.5) is 5.69 Å². The highest BCUT2D eigenvalue weighted by Gasteiger charge is 2.04. The van der Waals surface area contributed by atoms with Crippen molar-refractivity contribution < 1.29 is 4.79 Å². The Morgan fingerprint density at radius 3 is 2.42 bits per heavy atom. The number of nitrogens with one attached hydrogen (secondary N) is 1. The summed E-state index contributed by atoms with van der Waals surface area (Å²) in [6.45, 7) is 2.08. The number of halogens is 2. The van der Waals surface area contributed by atoms with Gasteiger partial charge in [0.1, 0.15) is 0 Å². The lowest BCUT2D eigenvalue weighted by Crippen LogP contribution is -2.11. The molecule has 0 heterocycles. The van der Waals surface area contributed by atoms with E-state index in [2.05, 4.69) is 56.2 Å². The molecule has 2 aromatic carbocycles. The standard InChI is InChI=1S/C15H13Br2NO/c1-10-8-12(17)4-7-14(10)11-2-5-13(6-3-11)18-15(19)9-16/h2-8H,9H2,1H3,(H,18,19). The zero-order valence-electron chi connectivity index (χ0n) is 10.4. The van der Waals surface area contributed by atoms with E-state index in [4.69, 9.17) is 0 Å². The van der Waals surface area contributed by atoms with Gasteiger partial charge in [-0.05, 0) is 47.9 Å². The van der Waals surface area contributed by atoms with Crippen molar-refractivity contribution in [2.24, 2.45) is 0 Å². The van der Waals surface area contributed by atoms with Gasteiger partial charge in [0.2, 0.25) is 5.91 Å². The number of amides is 1. The van der Waals surface area contributed by atoms with Crippen LogP contribution in [0, 0.1) is 6.92 Å². The van der Waals surface area contributed by atoms with Crippen LogP contribution in [0.2, 0.25) is 0 Å². The van der Waals surface area contributed by atoms with E-state index in [1.165, 1.54) is 11.1 Å². The molecule has 0 bridgehead atoms. The highest BCUT2D eigenvalue weighted by atomic mass is 79.9. The molecule has 0 aromatic heterocycles. The maximum Gasteiger partial charge on any atom is 0.235 e. The molecule has 0 saturated heterocycles. The normalized spacial score (nSPS) is 10.3. The zero-order valence-corrected chi connectivity index (χ0v) is 13.6. The minimum absolute atomic E-state index is 0.0485. The third-order valence-corrected chi connectivity index (χ3v) is 3.79. The van der Waals surface area contributed by atoms with Gasteiger partial charge in [-0.1, -0.05) is 50.1 Å². The Labute approximate surface area is 129 Å². The maximum absolute atomic E-state index is 11.3. The van der Waals surface area contributed by atoms with Crippen molar-refractivity contribution in [2.45, 2.75) is 6.92 Å². The Morgan fingerprint density at radius 2 is 1.84 bits per heavy atom. The highest BCUT2D eigenvalue weighted by molar-refractivity contribution is 9.10. The second-order valence-corrected chi connectivity index (χ2v) is 5.69. The lowest BCUT2D eigenvalue weighted by molar-refractivity contribution is -0.113. The fraction of sp³-hybridized carbons (Fsp3) is 0.133. The Morgan fingerprint density at radius 1 is 1.16 bits per heavy atom. The highest BCUT2D eigenvalue weighted by Crippen LogP contribution is 2.27. The fourth-order valence-corrected chi connectivity index (χ4v) is 2.49. The molecule has 1 amide bonds. The summed E-state index contributed by atoms with van der Waals surface area (Å²) in [6, 6.07) is 14.1. The first-order chi connectivity index (χ1) is 9.10. The number of hydrogen-bond donors (Lipinski definition) is 1. The van der Waals surface area contributed by atoms with Gasteiger partial charge < -0.3 is 5.32 Å². The van der Waals surface area contributed by atoms with Gasteiger partial charge >= 0.3 is 0 Å². The lowest BCUT2D eigenvalue weighted by atomic mass is 10.0. The van der Waals surface area contributed by atoms with E-state index in [1.807, 2.05) is 30.3 Å². The Hall–Kier alpha value is -1.13. The smallest absolute Gasteiger partial charge is 0.235 e. The van der Waals surface area contributed by atoms with E-state index in [1.54, 1.807) is 0 Å². The van der Waals surface area contributed by atoms with Crippen LogP contribution in [-0.2, 0) is 4.79 Å². The number of carbonyl (C=O) groups excluding carboxylic acids is 1. The predicted octanol–water partition coefficient (Wildman–Crippen LogP) is 4.76. The fourth-order valence-electron chi connectivity index (χ4n) is 1.88. The molecule has 98 valence electrons. The van der Waals surface area contributed by atoms with Crippen LogP contribution in [0.3, 0.4) is 0 Å². The first-order valence-corrected chi connectivity index (χ1v) is 7.74. The number of benzene rings is 2. The van der Waals surface area contributed by atoms with E-state index < -0.39 is 0 Å². The molecule has 0 atom stereocenters. The summed E-state index contributed by atoms with van der Waals surface area (Å²) >= 11 is 6.59. The lowest BCUT2D eigenvalue weighted by Gasteiger charge is -2.08. The van der Waals surface area contributed by atoms with E-state index in [9.17, 15) is 4.79 Å². The summed E-state index contributed by atoms with van der Waals surface area (Å²) in [7, 11) is 0. The zero-order chi connectivity index (χ0) is 13.8. The Kier molecular flexibility index (Phi) is 4.77. The van der Waals surface area contributed by atoms with Crippen LogP contribution in [-0.4, -0.2) is 11.2 Å². The average Bonchev–Trinajstić information content (AvgIpc) is 2.40. The quantitative estimate of drug-likeness (QED) is 0.762. The van der Waals surface area contributed by atoms with E-state index in [0.717, 1.165) is 15.7 Å². The average molecular weight is 383 g/mol. The summed E-state index contributed by atoms with van der Waals surface area (Å²) in [6.07, 6.45) is 0. The molecule has 0 saturated carbocycles. The molecular formula is C15H13Br2NO. The summed E-state index contributed by atoms with van der Waals surface area (Å²) in [5, 5.41) is 3.11. The van der Waals surface area contributed by atoms with Gasteiger partial charge in [-0.2, -0.15) is 0 Å². The van der Waals surface area contributed by atoms with Crippen molar-refractivity contribution in [3.8, 4) is 11.1 Å². The molecule has 0 aliphatic heterocycles. The molecule has 0 aliphatic rings. The van der Waals surface area contributed by atoms with Crippen molar-refractivity contribution in [3.63, 3.8) is 0 Å². The van der Waals surface area contributed by atoms with Crippen LogP contribution in [0.1, 0.15) is 5.56 Å². The van der Waals surface area contributed by atoms with E-state index in [0.29, 0.717) is 5.33 Å². The van der Waals surface area contributed by atoms with Crippen LogP contribution in [0.5, 0.6) is 0 Å². The predicted molar refractivity (Wildman–Crippen MR) is 86.7 cm³/mol. The molecule has 19 heavy (non-hydrogen) atoms. The Balaban J connectivity index is 2.25. The van der Waals surface area contributed by atoms with E-state index >= 15 is 0 Å². The molecule has 2 rings (SSSR count). The van der Waals surface area contributed by atoms with Crippen molar-refractivity contribution >= 4 is 43.5 Å². The van der Waals surface area contributed by atoms with Crippen LogP contribution in [0.25, 0.3) is 11.1 Å². The van der Waals surface area contributed by atoms with Crippen LogP contribution < -0.4 is 5.32 Å². The second-order valence-electron chi connectivity index (χ2n) is 4.22. The molecule has 0 unspecified atom stereocenters. The van der Waals surface area contributed by atoms with Gasteiger partial charge in [0.05, 0.1) is 5.33 Å². The summed E-state index contributed by atoms with van der Waals surface area (Å²) in [5.74, 6) is -0.0485. The third kappa shape index (κ3) is 3.67. The first kappa shape index (κ1) is 14.3. The minimum atomic E-state index is -0.0485. The summed E-state index contributed by atoms with van der Waals surface area (Å²) < 4.78 is 1.08. The molecule has 2 aromatic rings. The van der Waals surface area contributed by atoms with Gasteiger partial charge in [0.25, 0.3) is 0 Å². The first-order valence-electron chi connectivity index (χ1n) is 5.82. The summed E-state index contributed by atoms with van der Waals surface area (Å²) in [5.41, 5.74) is 4.36. The monoisotopic (exact) mass is 381 g/mol. The molecule has 0 spiro atoms. The van der Waals surface area contributed by atoms with Gasteiger partial charge in [0, 0.05) is 10.2 Å². The van der Waals surface area contributed by atoms with Crippen molar-refractivity contribution in [1.29, 1.82) is 0 Å². The molecule has 0 aliphatic carbocycles. The number of aryl methyl sites for hydroxylation is 1. The van der Waals surface area contributed by atoms with Gasteiger partial charge in [-0.3, -0.25) is 4.79 Å². The van der Waals surface area contributed by atoms with Gasteiger partial charge in [-0.15, -0.1) is 0 Å². The maximum atomic E-state index is 11.3. The Bertz CT molecular complexity index is 594. The van der Waals surface area contributed by atoms with Gasteiger partial charge in [0.15, 0.2) is 0 Å². The number of hydrogen-bond acceptors (Lipinski definition) is 1. The largest absolute Gasteiger partial charge is 0.325 e. The molecule has 2 nitrogen and oxygen atoms in total. The molecule has 1 N–H and O–H groups in total. The molecule has 0 fully saturated rings. The van der Waals surface area contributed by atoms with Crippen molar-refractivity contribution in [3.05, 3.63) is 52.5 Å². The molecular weight excluding hydrogens is 370 g/mol. The number of carbonyl (C=O) groups is 1. The van der Waals surface area contributed by atoms with Crippen molar-refractivity contribution in [2.75, 3.05) is 10.6 Å². The molecule has 0 radical (unpaired) electrons. The summed E-state index contributed by atoms with van der Waals surface area (Å²) in [4.78, 5) is 11.3. The van der Waals surface area contributed by atoms with Crippen LogP contribution >= 0.6 is 31.9 Å². The van der Waals surface area contributed by atoms with E-state index in [-0.39, 0.29) is 5.91 Å². The number of rotatable bonds is 3. The molecule has 4 heteroatoms.